The standard InChI is InChI=1S/C16H23F3N4O2S/c1-20-11-14(12-4-3-5-13(10-12)26(17,18)19)15(21-2)23-7-6-22(8-9-24)16(23)25/h3-5,10-11,15,20-21,24H,6-9H2,1-2H3/b14-11-. The Balaban J connectivity index is 2.37. The summed E-state index contributed by atoms with van der Waals surface area (Å²) in [5.41, 5.74) is 0.911. The maximum Gasteiger partial charge on any atom is 0.321 e. The van der Waals surface area contributed by atoms with Gasteiger partial charge in [0.05, 0.1) is 11.5 Å². The van der Waals surface area contributed by atoms with Gasteiger partial charge in [-0.2, -0.15) is 0 Å². The minimum Gasteiger partial charge on any atom is -0.395 e. The van der Waals surface area contributed by atoms with Crippen LogP contribution < -0.4 is 10.6 Å². The Hall–Kier alpha value is -1.91. The number of urea groups is 1. The van der Waals surface area contributed by atoms with E-state index in [1.54, 1.807) is 31.3 Å². The number of benzene rings is 1. The molecule has 1 atom stereocenters. The Morgan fingerprint density at radius 2 is 2.08 bits per heavy atom. The third-order valence-electron chi connectivity index (χ3n) is 4.11. The second-order valence-electron chi connectivity index (χ2n) is 5.70. The first-order chi connectivity index (χ1) is 12.3. The summed E-state index contributed by atoms with van der Waals surface area (Å²) in [6, 6.07) is 4.85. The van der Waals surface area contributed by atoms with E-state index < -0.39 is 22.2 Å². The van der Waals surface area contributed by atoms with Gasteiger partial charge < -0.3 is 20.2 Å². The van der Waals surface area contributed by atoms with Gasteiger partial charge in [0.25, 0.3) is 0 Å². The lowest BCUT2D eigenvalue weighted by atomic mass is 10.0. The van der Waals surface area contributed by atoms with Crippen LogP contribution in [0.1, 0.15) is 5.56 Å². The fourth-order valence-corrected chi connectivity index (χ4v) is 3.44. The lowest BCUT2D eigenvalue weighted by molar-refractivity contribution is 0.171. The first kappa shape index (κ1) is 20.4. The number of hydrogen-bond acceptors (Lipinski definition) is 4. The summed E-state index contributed by atoms with van der Waals surface area (Å²) < 4.78 is 39.4. The first-order valence-corrected chi connectivity index (χ1v) is 9.40. The van der Waals surface area contributed by atoms with Gasteiger partial charge in [0.15, 0.2) is 0 Å². The number of aliphatic hydroxyl groups is 1. The molecule has 0 bridgehead atoms. The molecule has 6 nitrogen and oxygen atoms in total. The minimum absolute atomic E-state index is 0.139. The van der Waals surface area contributed by atoms with Crippen LogP contribution in [0.5, 0.6) is 0 Å². The largest absolute Gasteiger partial charge is 0.395 e. The highest BCUT2D eigenvalue weighted by Crippen LogP contribution is 2.60. The molecular weight excluding hydrogens is 369 g/mol. The van der Waals surface area contributed by atoms with Crippen LogP contribution in [0.4, 0.5) is 16.5 Å². The molecule has 26 heavy (non-hydrogen) atoms. The van der Waals surface area contributed by atoms with Crippen LogP contribution >= 0.6 is 11.2 Å². The summed E-state index contributed by atoms with van der Waals surface area (Å²) in [7, 11) is 3.30. The third kappa shape index (κ3) is 4.43. The van der Waals surface area contributed by atoms with Crippen molar-refractivity contribution in [3.05, 3.63) is 36.0 Å². The number of aliphatic hydroxyl groups excluding tert-OH is 1. The van der Waals surface area contributed by atoms with Crippen LogP contribution in [0.2, 0.25) is 0 Å². The van der Waals surface area contributed by atoms with Gasteiger partial charge in [-0.1, -0.05) is 12.1 Å². The zero-order valence-electron chi connectivity index (χ0n) is 14.6. The van der Waals surface area contributed by atoms with E-state index in [0.29, 0.717) is 24.2 Å². The quantitative estimate of drug-likeness (QED) is 0.635. The molecule has 1 aromatic carbocycles. The molecule has 1 aromatic rings. The van der Waals surface area contributed by atoms with Crippen LogP contribution in [0, 0.1) is 0 Å². The Morgan fingerprint density at radius 3 is 2.65 bits per heavy atom. The molecule has 1 aliphatic heterocycles. The molecule has 10 heteroatoms. The molecule has 1 heterocycles. The summed E-state index contributed by atoms with van der Waals surface area (Å²) in [6.45, 7) is 0.954. The highest BCUT2D eigenvalue weighted by Gasteiger charge is 2.35. The van der Waals surface area contributed by atoms with Crippen molar-refractivity contribution in [2.45, 2.75) is 11.1 Å². The van der Waals surface area contributed by atoms with E-state index in [9.17, 15) is 16.5 Å². The Morgan fingerprint density at radius 1 is 1.35 bits per heavy atom. The highest BCUT2D eigenvalue weighted by molar-refractivity contribution is 8.20. The normalized spacial score (nSPS) is 17.6. The molecule has 0 saturated carbocycles. The number of carbonyl (C=O) groups is 1. The average Bonchev–Trinajstić information content (AvgIpc) is 2.96. The van der Waals surface area contributed by atoms with E-state index in [1.807, 2.05) is 0 Å². The smallest absolute Gasteiger partial charge is 0.321 e. The molecule has 0 radical (unpaired) electrons. The summed E-state index contributed by atoms with van der Waals surface area (Å²) >= 11 is -5.34. The maximum absolute atomic E-state index is 13.1. The lowest BCUT2D eigenvalue weighted by Crippen LogP contribution is -2.47. The first-order valence-electron chi connectivity index (χ1n) is 8.07. The third-order valence-corrected chi connectivity index (χ3v) is 4.90. The second kappa shape index (κ2) is 8.65. The molecular formula is C16H23F3N4O2S. The predicted molar refractivity (Wildman–Crippen MR) is 96.3 cm³/mol. The van der Waals surface area contributed by atoms with E-state index >= 15 is 0 Å². The van der Waals surface area contributed by atoms with Gasteiger partial charge in [0.1, 0.15) is 6.17 Å². The number of nitrogens with zero attached hydrogens (tertiary/aromatic N) is 2. The highest BCUT2D eigenvalue weighted by atomic mass is 32.3. The van der Waals surface area contributed by atoms with Crippen molar-refractivity contribution in [2.75, 3.05) is 40.3 Å². The van der Waals surface area contributed by atoms with Gasteiger partial charge >= 0.3 is 6.03 Å². The van der Waals surface area contributed by atoms with Crippen LogP contribution in [-0.2, 0) is 0 Å². The van der Waals surface area contributed by atoms with Crippen LogP contribution in [0.3, 0.4) is 0 Å². The SMILES string of the molecule is CN/C=C(/c1cccc(S(F)(F)F)c1)C(NC)N1CCN(CCO)C1=O. The topological polar surface area (TPSA) is 67.8 Å². The van der Waals surface area contributed by atoms with Crippen molar-refractivity contribution in [1.29, 1.82) is 0 Å². The fraction of sp³-hybridized carbons (Fsp3) is 0.438. The molecule has 1 saturated heterocycles. The summed E-state index contributed by atoms with van der Waals surface area (Å²) in [5, 5.41) is 14.9. The lowest BCUT2D eigenvalue weighted by Gasteiger charge is -2.30. The molecule has 0 aliphatic carbocycles. The number of likely N-dealkylation sites (N-methyl/N-ethyl adjacent to an activating group) is 1. The number of halogens is 3. The van der Waals surface area contributed by atoms with Gasteiger partial charge in [-0.25, -0.2) is 4.79 Å². The fourth-order valence-electron chi connectivity index (χ4n) is 2.94. The number of hydrogen-bond donors (Lipinski definition) is 3. The van der Waals surface area contributed by atoms with Crippen LogP contribution in [0.15, 0.2) is 35.4 Å². The molecule has 2 rings (SSSR count). The van der Waals surface area contributed by atoms with Crippen molar-refractivity contribution < 1.29 is 21.6 Å². The summed E-state index contributed by atoms with van der Waals surface area (Å²) in [6.07, 6.45) is 0.991. The average molecular weight is 392 g/mol. The Kier molecular flexibility index (Phi) is 6.79. The number of nitrogens with one attached hydrogen (secondary N) is 2. The Labute approximate surface area is 152 Å². The monoisotopic (exact) mass is 392 g/mol. The maximum atomic E-state index is 13.1. The van der Waals surface area contributed by atoms with E-state index in [1.165, 1.54) is 11.0 Å². The van der Waals surface area contributed by atoms with Gasteiger partial charge in [-0.3, -0.25) is 5.32 Å². The van der Waals surface area contributed by atoms with E-state index in [0.717, 1.165) is 12.1 Å². The molecule has 146 valence electrons. The van der Waals surface area contributed by atoms with E-state index in [4.69, 9.17) is 5.11 Å². The molecule has 0 spiro atoms. The molecule has 3 N–H and O–H groups in total. The molecule has 1 aliphatic rings. The van der Waals surface area contributed by atoms with Gasteiger partial charge in [-0.15, -0.1) is 11.7 Å². The Bertz CT molecular complexity index is 669. The van der Waals surface area contributed by atoms with Crippen LogP contribution in [0.25, 0.3) is 5.57 Å². The number of rotatable bonds is 8. The number of β-amino-alcohol motifs (C(OH)–C–C–N with tert-alkyl or cyclic N) is 1. The number of amides is 2. The van der Waals surface area contributed by atoms with Gasteiger partial charge in [0, 0.05) is 38.5 Å². The van der Waals surface area contributed by atoms with Crippen molar-refractivity contribution >= 4 is 22.8 Å². The van der Waals surface area contributed by atoms with Crippen molar-refractivity contribution in [3.8, 4) is 0 Å². The second-order valence-corrected chi connectivity index (χ2v) is 6.98. The van der Waals surface area contributed by atoms with Crippen LogP contribution in [-0.4, -0.2) is 67.4 Å². The summed E-state index contributed by atoms with van der Waals surface area (Å²) in [5.74, 6) is 0. The van der Waals surface area contributed by atoms with E-state index in [-0.39, 0.29) is 19.2 Å². The molecule has 1 fully saturated rings. The van der Waals surface area contributed by atoms with E-state index in [2.05, 4.69) is 10.6 Å². The number of carbonyl (C=O) groups excluding carboxylic acids is 1. The minimum atomic E-state index is -5.34. The van der Waals surface area contributed by atoms with Crippen molar-refractivity contribution in [1.82, 2.24) is 20.4 Å². The predicted octanol–water partition coefficient (Wildman–Crippen LogP) is 2.34. The van der Waals surface area contributed by atoms with Crippen molar-refractivity contribution in [2.24, 2.45) is 0 Å². The van der Waals surface area contributed by atoms with Crippen molar-refractivity contribution in [3.63, 3.8) is 0 Å². The molecule has 0 aromatic heterocycles. The summed E-state index contributed by atoms with van der Waals surface area (Å²) in [4.78, 5) is 14.9. The molecule has 1 unspecified atom stereocenters. The molecule has 2 amide bonds. The zero-order valence-corrected chi connectivity index (χ0v) is 15.4. The van der Waals surface area contributed by atoms with Gasteiger partial charge in [0.2, 0.25) is 11.2 Å². The zero-order chi connectivity index (χ0) is 19.3. The van der Waals surface area contributed by atoms with Gasteiger partial charge in [-0.05, 0) is 24.7 Å².